The summed E-state index contributed by atoms with van der Waals surface area (Å²) in [5.74, 6) is -2.20. The van der Waals surface area contributed by atoms with Gasteiger partial charge in [-0.15, -0.1) is 0 Å². The van der Waals surface area contributed by atoms with Gasteiger partial charge in [-0.1, -0.05) is 29.8 Å². The van der Waals surface area contributed by atoms with Gasteiger partial charge in [-0.25, -0.2) is 0 Å². The summed E-state index contributed by atoms with van der Waals surface area (Å²) in [6, 6.07) is 6.93. The fourth-order valence-corrected chi connectivity index (χ4v) is 5.51. The number of benzene rings is 1. The molecule has 2 unspecified atom stereocenters. The van der Waals surface area contributed by atoms with Crippen molar-refractivity contribution in [1.82, 2.24) is 16.0 Å². The highest BCUT2D eigenvalue weighted by Gasteiger charge is 2.68. The van der Waals surface area contributed by atoms with Crippen LogP contribution in [-0.2, 0) is 20.6 Å². The minimum absolute atomic E-state index is 0.0504. The fourth-order valence-electron chi connectivity index (χ4n) is 5.51. The highest BCUT2D eigenvalue weighted by molar-refractivity contribution is 5.21. The molecule has 192 valence electrons. The van der Waals surface area contributed by atoms with Crippen molar-refractivity contribution < 1.29 is 34.6 Å². The van der Waals surface area contributed by atoms with Gasteiger partial charge in [0.05, 0.1) is 24.3 Å². The summed E-state index contributed by atoms with van der Waals surface area (Å²) < 4.78 is 18.0. The van der Waals surface area contributed by atoms with Crippen molar-refractivity contribution in [1.29, 1.82) is 0 Å². The molecule has 0 spiro atoms. The zero-order chi connectivity index (χ0) is 24.7. The van der Waals surface area contributed by atoms with Gasteiger partial charge in [-0.3, -0.25) is 0 Å². The largest absolute Gasteiger partial charge is 0.390 e. The molecule has 0 bridgehead atoms. The molecule has 10 nitrogen and oxygen atoms in total. The van der Waals surface area contributed by atoms with Crippen molar-refractivity contribution in [2.45, 2.75) is 87.0 Å². The van der Waals surface area contributed by atoms with Crippen LogP contribution in [0.25, 0.3) is 0 Å². The Bertz CT molecular complexity index is 829. The summed E-state index contributed by atoms with van der Waals surface area (Å²) in [7, 11) is 3.30. The number of aryl methyl sites for hydroxylation is 1. The average Bonchev–Trinajstić information content (AvgIpc) is 2.79. The minimum Gasteiger partial charge on any atom is -0.390 e. The standard InChI is InChI=1S/C24H39N3O7/c1-13-5-7-15(8-6-13)9-10-27-12-23(30)11-14(2)32-22-24(23,31)34-20-17(26-4)18(28)16(25-3)19(29)21(20)33-22/h5-8,14,16-22,25-31H,9-12H2,1-4H3/t14-,16-,17+,18+,19+,20-,21?,22?,23-,24-/m1/s1. The van der Waals surface area contributed by atoms with Crippen molar-refractivity contribution in [2.75, 3.05) is 27.2 Å². The van der Waals surface area contributed by atoms with Crippen molar-refractivity contribution in [3.63, 3.8) is 0 Å². The molecule has 2 aliphatic heterocycles. The van der Waals surface area contributed by atoms with Gasteiger partial charge in [-0.2, -0.15) is 0 Å². The summed E-state index contributed by atoms with van der Waals surface area (Å²) >= 11 is 0. The van der Waals surface area contributed by atoms with Crippen LogP contribution in [0.4, 0.5) is 0 Å². The molecule has 2 saturated heterocycles. The van der Waals surface area contributed by atoms with E-state index < -0.39 is 60.3 Å². The molecule has 7 N–H and O–H groups in total. The fraction of sp³-hybridized carbons (Fsp3) is 0.750. The quantitative estimate of drug-likeness (QED) is 0.227. The molecular weight excluding hydrogens is 442 g/mol. The lowest BCUT2D eigenvalue weighted by atomic mass is 9.77. The third kappa shape index (κ3) is 4.53. The molecular formula is C24H39N3O7. The molecule has 10 heteroatoms. The van der Waals surface area contributed by atoms with E-state index in [1.807, 2.05) is 6.92 Å². The third-order valence-corrected chi connectivity index (χ3v) is 7.48. The van der Waals surface area contributed by atoms with Gasteiger partial charge >= 0.3 is 0 Å². The molecule has 3 fully saturated rings. The Labute approximate surface area is 200 Å². The van der Waals surface area contributed by atoms with Gasteiger partial charge in [0.25, 0.3) is 0 Å². The lowest BCUT2D eigenvalue weighted by molar-refractivity contribution is -0.482. The van der Waals surface area contributed by atoms with Crippen LogP contribution in [-0.4, -0.2) is 108 Å². The van der Waals surface area contributed by atoms with E-state index in [0.29, 0.717) is 6.54 Å². The normalized spacial score (nSPS) is 44.4. The number of hydrogen-bond donors (Lipinski definition) is 7. The first kappa shape index (κ1) is 25.9. The number of aliphatic hydroxyl groups is 4. The topological polar surface area (TPSA) is 145 Å². The first-order chi connectivity index (χ1) is 16.1. The minimum atomic E-state index is -2.20. The van der Waals surface area contributed by atoms with Crippen LogP contribution < -0.4 is 16.0 Å². The highest BCUT2D eigenvalue weighted by Crippen LogP contribution is 2.46. The molecule has 1 aromatic carbocycles. The van der Waals surface area contributed by atoms with Crippen LogP contribution in [0.3, 0.4) is 0 Å². The first-order valence-corrected chi connectivity index (χ1v) is 12.0. The van der Waals surface area contributed by atoms with E-state index in [1.165, 1.54) is 11.1 Å². The smallest absolute Gasteiger partial charge is 0.249 e. The highest BCUT2D eigenvalue weighted by atomic mass is 16.8. The molecule has 10 atom stereocenters. The Hall–Kier alpha value is -1.18. The van der Waals surface area contributed by atoms with Crippen LogP contribution in [0, 0.1) is 6.92 Å². The lowest BCUT2D eigenvalue weighted by Crippen LogP contribution is -2.81. The zero-order valence-corrected chi connectivity index (χ0v) is 20.3. The maximum atomic E-state index is 11.7. The number of hydrogen-bond acceptors (Lipinski definition) is 10. The van der Waals surface area contributed by atoms with Crippen molar-refractivity contribution in [2.24, 2.45) is 0 Å². The summed E-state index contributed by atoms with van der Waals surface area (Å²) in [4.78, 5) is 0. The summed E-state index contributed by atoms with van der Waals surface area (Å²) in [5.41, 5.74) is 0.645. The molecule has 34 heavy (non-hydrogen) atoms. The number of rotatable bonds is 7. The van der Waals surface area contributed by atoms with Gasteiger partial charge in [0, 0.05) is 13.0 Å². The van der Waals surface area contributed by atoms with Crippen molar-refractivity contribution in [3.8, 4) is 0 Å². The first-order valence-electron chi connectivity index (χ1n) is 12.0. The van der Waals surface area contributed by atoms with E-state index in [2.05, 4.69) is 40.2 Å². The molecule has 3 aliphatic rings. The van der Waals surface area contributed by atoms with E-state index in [4.69, 9.17) is 14.2 Å². The Morgan fingerprint density at radius 2 is 1.65 bits per heavy atom. The van der Waals surface area contributed by atoms with E-state index in [0.717, 1.165) is 6.42 Å². The van der Waals surface area contributed by atoms with Crippen LogP contribution >= 0.6 is 0 Å². The number of fused-ring (bicyclic) bond motifs is 2. The molecule has 0 amide bonds. The second-order valence-corrected chi connectivity index (χ2v) is 9.92. The van der Waals surface area contributed by atoms with Crippen LogP contribution in [0.1, 0.15) is 24.5 Å². The lowest BCUT2D eigenvalue weighted by Gasteiger charge is -2.60. The SMILES string of the molecule is CN[C@@H]1[C@H](O)[C@H](NC)[C@H]2O[C@]3(O)C(OC2[C@H]1O)O[C@H](C)C[C@@]3(O)CNCCc1ccc(C)cc1. The zero-order valence-electron chi connectivity index (χ0n) is 20.3. The second kappa shape index (κ2) is 10.1. The summed E-state index contributed by atoms with van der Waals surface area (Å²) in [5, 5.41) is 54.1. The molecule has 1 saturated carbocycles. The van der Waals surface area contributed by atoms with Gasteiger partial charge in [0.1, 0.15) is 23.9 Å². The van der Waals surface area contributed by atoms with Crippen LogP contribution in [0.2, 0.25) is 0 Å². The molecule has 4 rings (SSSR count). The number of likely N-dealkylation sites (N-methyl/N-ethyl adjacent to an activating group) is 2. The predicted molar refractivity (Wildman–Crippen MR) is 124 cm³/mol. The summed E-state index contributed by atoms with van der Waals surface area (Å²) in [6.45, 7) is 4.48. The van der Waals surface area contributed by atoms with Crippen LogP contribution in [0.5, 0.6) is 0 Å². The third-order valence-electron chi connectivity index (χ3n) is 7.48. The van der Waals surface area contributed by atoms with Gasteiger partial charge < -0.3 is 50.6 Å². The Morgan fingerprint density at radius 1 is 0.971 bits per heavy atom. The average molecular weight is 482 g/mol. The van der Waals surface area contributed by atoms with E-state index in [9.17, 15) is 20.4 Å². The molecule has 2 heterocycles. The van der Waals surface area contributed by atoms with Crippen molar-refractivity contribution >= 4 is 0 Å². The maximum Gasteiger partial charge on any atom is 0.249 e. The molecule has 0 aromatic heterocycles. The van der Waals surface area contributed by atoms with Crippen LogP contribution in [0.15, 0.2) is 24.3 Å². The monoisotopic (exact) mass is 481 g/mol. The number of ether oxygens (including phenoxy) is 3. The maximum absolute atomic E-state index is 11.7. The van der Waals surface area contributed by atoms with Gasteiger partial charge in [0.15, 0.2) is 0 Å². The number of aliphatic hydroxyl groups excluding tert-OH is 2. The van der Waals surface area contributed by atoms with E-state index in [1.54, 1.807) is 21.0 Å². The molecule has 0 radical (unpaired) electrons. The van der Waals surface area contributed by atoms with Gasteiger partial charge in [0.2, 0.25) is 12.1 Å². The molecule has 1 aromatic rings. The van der Waals surface area contributed by atoms with Gasteiger partial charge in [-0.05, 0) is 46.5 Å². The van der Waals surface area contributed by atoms with Crippen molar-refractivity contribution in [3.05, 3.63) is 35.4 Å². The van der Waals surface area contributed by atoms with E-state index >= 15 is 0 Å². The van der Waals surface area contributed by atoms with E-state index in [-0.39, 0.29) is 13.0 Å². The second-order valence-electron chi connectivity index (χ2n) is 9.92. The Balaban J connectivity index is 1.50. The Morgan fingerprint density at radius 3 is 2.29 bits per heavy atom. The Kier molecular flexibility index (Phi) is 7.66. The summed E-state index contributed by atoms with van der Waals surface area (Å²) in [6.07, 6.45) is -4.77. The molecule has 1 aliphatic carbocycles. The predicted octanol–water partition coefficient (Wildman–Crippen LogP) is -1.62. The number of nitrogens with one attached hydrogen (secondary N) is 3.